The molecular formula is C16H7F5N2O4S. The van der Waals surface area contributed by atoms with Crippen LogP contribution in [-0.4, -0.2) is 34.7 Å². The summed E-state index contributed by atoms with van der Waals surface area (Å²) < 4.78 is 79.6. The van der Waals surface area contributed by atoms with Gasteiger partial charge >= 0.3 is 11.9 Å². The molecule has 0 unspecified atom stereocenters. The number of fused-ring (bicyclic) bond motifs is 1. The van der Waals surface area contributed by atoms with Gasteiger partial charge in [-0.25, -0.2) is 31.5 Å². The molecule has 2 aromatic carbocycles. The lowest BCUT2D eigenvalue weighted by Crippen LogP contribution is -2.18. The third kappa shape index (κ3) is 3.50. The third-order valence-corrected chi connectivity index (χ3v) is 4.23. The smallest absolute Gasteiger partial charge is 0.344 e. The zero-order valence-electron chi connectivity index (χ0n) is 13.5. The maximum Gasteiger partial charge on any atom is 0.344 e. The summed E-state index contributed by atoms with van der Waals surface area (Å²) in [6.07, 6.45) is 0. The number of halogens is 5. The van der Waals surface area contributed by atoms with Crippen molar-refractivity contribution in [2.75, 3.05) is 13.2 Å². The number of rotatable bonds is 5. The molecule has 1 heterocycles. The van der Waals surface area contributed by atoms with Crippen molar-refractivity contribution in [3.05, 3.63) is 58.4 Å². The van der Waals surface area contributed by atoms with Crippen LogP contribution in [0.5, 0.6) is 0 Å². The molecule has 3 rings (SSSR count). The largest absolute Gasteiger partial charge is 0.458 e. The van der Waals surface area contributed by atoms with E-state index in [1.54, 1.807) is 12.1 Å². The van der Waals surface area contributed by atoms with E-state index in [2.05, 4.69) is 14.3 Å². The van der Waals surface area contributed by atoms with Gasteiger partial charge in [-0.15, -0.1) is 5.10 Å². The average molecular weight is 418 g/mol. The molecule has 0 N–H and O–H groups in total. The van der Waals surface area contributed by atoms with Gasteiger partial charge in [-0.05, 0) is 23.7 Å². The molecule has 0 aliphatic carbocycles. The molecule has 0 spiro atoms. The van der Waals surface area contributed by atoms with Crippen LogP contribution in [0.15, 0.2) is 18.2 Å². The molecule has 1 aromatic heterocycles. The van der Waals surface area contributed by atoms with Crippen LogP contribution in [-0.2, 0) is 9.47 Å². The van der Waals surface area contributed by atoms with Crippen LogP contribution in [0.4, 0.5) is 22.0 Å². The average Bonchev–Trinajstić information content (AvgIpc) is 3.17. The normalized spacial score (nSPS) is 10.9. The molecule has 0 saturated heterocycles. The van der Waals surface area contributed by atoms with Gasteiger partial charge < -0.3 is 9.47 Å². The van der Waals surface area contributed by atoms with Gasteiger partial charge in [0.25, 0.3) is 0 Å². The summed E-state index contributed by atoms with van der Waals surface area (Å²) in [5, 5.41) is 3.78. The number of ether oxygens (including phenoxy) is 2. The van der Waals surface area contributed by atoms with E-state index >= 15 is 0 Å². The van der Waals surface area contributed by atoms with Crippen molar-refractivity contribution in [1.82, 2.24) is 9.59 Å². The first-order valence-corrected chi connectivity index (χ1v) is 8.17. The molecule has 0 saturated carbocycles. The second-order valence-corrected chi connectivity index (χ2v) is 5.90. The fourth-order valence-electron chi connectivity index (χ4n) is 2.17. The van der Waals surface area contributed by atoms with Crippen molar-refractivity contribution < 1.29 is 41.0 Å². The lowest BCUT2D eigenvalue weighted by atomic mass is 10.1. The van der Waals surface area contributed by atoms with Crippen LogP contribution >= 0.6 is 11.5 Å². The second kappa shape index (κ2) is 7.84. The minimum atomic E-state index is -2.40. The Kier molecular flexibility index (Phi) is 5.49. The summed E-state index contributed by atoms with van der Waals surface area (Å²) in [5.41, 5.74) is -1.11. The number of carbonyl (C=O) groups is 2. The topological polar surface area (TPSA) is 78.4 Å². The number of hydrogen-bond acceptors (Lipinski definition) is 7. The van der Waals surface area contributed by atoms with Crippen LogP contribution in [0.3, 0.4) is 0 Å². The van der Waals surface area contributed by atoms with Crippen LogP contribution in [0.1, 0.15) is 20.7 Å². The molecule has 0 amide bonds. The fraction of sp³-hybridized carbons (Fsp3) is 0.125. The van der Waals surface area contributed by atoms with Crippen molar-refractivity contribution in [2.24, 2.45) is 0 Å². The summed E-state index contributed by atoms with van der Waals surface area (Å²) >= 11 is 0.958. The molecule has 0 aliphatic heterocycles. The molecule has 6 nitrogen and oxygen atoms in total. The number of hydrogen-bond donors (Lipinski definition) is 0. The van der Waals surface area contributed by atoms with E-state index in [0.29, 0.717) is 10.2 Å². The molecule has 12 heteroatoms. The number of carbonyl (C=O) groups excluding carboxylic acids is 2. The molecule has 28 heavy (non-hydrogen) atoms. The van der Waals surface area contributed by atoms with Crippen LogP contribution in [0.2, 0.25) is 0 Å². The van der Waals surface area contributed by atoms with E-state index in [9.17, 15) is 31.5 Å². The van der Waals surface area contributed by atoms with Crippen molar-refractivity contribution in [1.29, 1.82) is 0 Å². The highest BCUT2D eigenvalue weighted by molar-refractivity contribution is 7.13. The Balaban J connectivity index is 1.62. The summed E-state index contributed by atoms with van der Waals surface area (Å²) in [7, 11) is 0. The monoisotopic (exact) mass is 418 g/mol. The van der Waals surface area contributed by atoms with E-state index < -0.39 is 59.8 Å². The van der Waals surface area contributed by atoms with Gasteiger partial charge in [-0.1, -0.05) is 10.6 Å². The van der Waals surface area contributed by atoms with Crippen molar-refractivity contribution in [3.8, 4) is 0 Å². The molecular weight excluding hydrogens is 411 g/mol. The Labute approximate surface area is 156 Å². The van der Waals surface area contributed by atoms with Crippen molar-refractivity contribution in [2.45, 2.75) is 0 Å². The Hall–Kier alpha value is -3.15. The molecule has 0 bridgehead atoms. The molecule has 3 aromatic rings. The summed E-state index contributed by atoms with van der Waals surface area (Å²) in [4.78, 5) is 23.7. The standard InChI is InChI=1S/C16H7F5N2O4S/c17-9-8(10(18)12(20)13(21)11(9)19)16(25)27-5-4-26-15(24)6-2-1-3-7-14(6)28-23-22-7/h1-3H,4-5H2. The van der Waals surface area contributed by atoms with Gasteiger partial charge in [0.1, 0.15) is 24.3 Å². The molecule has 0 radical (unpaired) electrons. The van der Waals surface area contributed by atoms with Gasteiger partial charge in [0.05, 0.1) is 10.3 Å². The van der Waals surface area contributed by atoms with Crippen molar-refractivity contribution >= 4 is 33.7 Å². The molecule has 0 fully saturated rings. The third-order valence-electron chi connectivity index (χ3n) is 3.46. The first kappa shape index (κ1) is 19.6. The second-order valence-electron chi connectivity index (χ2n) is 5.14. The van der Waals surface area contributed by atoms with E-state index in [4.69, 9.17) is 4.74 Å². The van der Waals surface area contributed by atoms with Gasteiger partial charge in [-0.2, -0.15) is 0 Å². The fourth-order valence-corrected chi connectivity index (χ4v) is 2.83. The van der Waals surface area contributed by atoms with Gasteiger partial charge in [0, 0.05) is 0 Å². The Morgan fingerprint density at radius 3 is 2.07 bits per heavy atom. The quantitative estimate of drug-likeness (QED) is 0.208. The van der Waals surface area contributed by atoms with Gasteiger partial charge in [0.15, 0.2) is 23.3 Å². The number of aromatic nitrogens is 2. The highest BCUT2D eigenvalue weighted by atomic mass is 32.1. The lowest BCUT2D eigenvalue weighted by Gasteiger charge is -2.09. The van der Waals surface area contributed by atoms with Crippen LogP contribution < -0.4 is 0 Å². The maximum absolute atomic E-state index is 13.5. The first-order valence-electron chi connectivity index (χ1n) is 7.39. The van der Waals surface area contributed by atoms with E-state index in [1.165, 1.54) is 6.07 Å². The Morgan fingerprint density at radius 2 is 1.43 bits per heavy atom. The lowest BCUT2D eigenvalue weighted by molar-refractivity contribution is 0.0259. The Morgan fingerprint density at radius 1 is 0.857 bits per heavy atom. The summed E-state index contributed by atoms with van der Waals surface area (Å²) in [5.74, 6) is -14.2. The van der Waals surface area contributed by atoms with Crippen LogP contribution in [0.25, 0.3) is 10.2 Å². The van der Waals surface area contributed by atoms with Gasteiger partial charge in [0.2, 0.25) is 5.82 Å². The summed E-state index contributed by atoms with van der Waals surface area (Å²) in [6, 6.07) is 4.62. The van der Waals surface area contributed by atoms with E-state index in [0.717, 1.165) is 11.5 Å². The summed E-state index contributed by atoms with van der Waals surface area (Å²) in [6.45, 7) is -1.20. The number of benzene rings is 2. The van der Waals surface area contributed by atoms with Crippen molar-refractivity contribution in [3.63, 3.8) is 0 Å². The molecule has 0 atom stereocenters. The maximum atomic E-state index is 13.5. The zero-order valence-corrected chi connectivity index (χ0v) is 14.3. The number of nitrogens with zero attached hydrogens (tertiary/aromatic N) is 2. The predicted octanol–water partition coefficient (Wildman–Crippen LogP) is 3.40. The Bertz CT molecular complexity index is 1060. The zero-order chi connectivity index (χ0) is 20.4. The first-order chi connectivity index (χ1) is 13.3. The highest BCUT2D eigenvalue weighted by Gasteiger charge is 2.30. The minimum Gasteiger partial charge on any atom is -0.458 e. The molecule has 146 valence electrons. The highest BCUT2D eigenvalue weighted by Crippen LogP contribution is 2.24. The molecule has 0 aliphatic rings. The number of esters is 2. The van der Waals surface area contributed by atoms with E-state index in [1.807, 2.05) is 0 Å². The minimum absolute atomic E-state index is 0.151. The van der Waals surface area contributed by atoms with Gasteiger partial charge in [-0.3, -0.25) is 0 Å². The van der Waals surface area contributed by atoms with Crippen LogP contribution in [0, 0.1) is 29.1 Å². The predicted molar refractivity (Wildman–Crippen MR) is 84.2 cm³/mol. The SMILES string of the molecule is O=C(OCCOC(=O)c1cccc2nnsc12)c1c(F)c(F)c(F)c(F)c1F. The van der Waals surface area contributed by atoms with E-state index in [-0.39, 0.29) is 5.56 Å².